The van der Waals surface area contributed by atoms with E-state index in [9.17, 15) is 31.5 Å². The Kier molecular flexibility index (Phi) is 7.32. The predicted octanol–water partition coefficient (Wildman–Crippen LogP) is 5.89. The maximum Gasteiger partial charge on any atom is 0.410 e. The third-order valence-electron chi connectivity index (χ3n) is 8.64. The lowest BCUT2D eigenvalue weighted by Crippen LogP contribution is -2.40. The first-order chi connectivity index (χ1) is 20.4. The molecule has 3 aromatic rings. The van der Waals surface area contributed by atoms with E-state index in [1.54, 1.807) is 6.92 Å². The maximum atomic E-state index is 16.1. The first-order valence-electron chi connectivity index (χ1n) is 14.3. The zero-order valence-electron chi connectivity index (χ0n) is 23.1. The minimum atomic E-state index is -4.65. The zero-order valence-corrected chi connectivity index (χ0v) is 23.1. The number of hydrogen-bond acceptors (Lipinski definition) is 5. The summed E-state index contributed by atoms with van der Waals surface area (Å²) < 4.78 is 91.6. The van der Waals surface area contributed by atoms with Crippen LogP contribution in [0, 0.1) is 17.7 Å². The molecule has 2 saturated carbocycles. The van der Waals surface area contributed by atoms with Crippen molar-refractivity contribution in [2.24, 2.45) is 11.8 Å². The second-order valence-electron chi connectivity index (χ2n) is 11.5. The van der Waals surface area contributed by atoms with Crippen molar-refractivity contribution in [3.63, 3.8) is 0 Å². The Labute approximate surface area is 242 Å². The van der Waals surface area contributed by atoms with Gasteiger partial charge in [-0.15, -0.1) is 0 Å². The number of urea groups is 1. The summed E-state index contributed by atoms with van der Waals surface area (Å²) in [6.45, 7) is 1.56. The Morgan fingerprint density at radius 2 is 1.88 bits per heavy atom. The molecule has 0 bridgehead atoms. The molecule has 1 aromatic carbocycles. The van der Waals surface area contributed by atoms with E-state index >= 15 is 4.39 Å². The van der Waals surface area contributed by atoms with Crippen LogP contribution in [0.25, 0.3) is 11.1 Å². The van der Waals surface area contributed by atoms with Crippen molar-refractivity contribution < 1.29 is 40.3 Å². The fourth-order valence-electron chi connectivity index (χ4n) is 6.20. The fourth-order valence-corrected chi connectivity index (χ4v) is 6.20. The van der Waals surface area contributed by atoms with Crippen LogP contribution in [-0.4, -0.2) is 56.3 Å². The molecule has 3 fully saturated rings. The number of hydrogen-bond donors (Lipinski definition) is 2. The second kappa shape index (κ2) is 10.7. The number of nitrogens with one attached hydrogen (secondary N) is 2. The molecule has 9 nitrogen and oxygen atoms in total. The van der Waals surface area contributed by atoms with Gasteiger partial charge in [-0.1, -0.05) is 6.07 Å². The Bertz CT molecular complexity index is 1520. The lowest BCUT2D eigenvalue weighted by Gasteiger charge is -2.32. The Hall–Kier alpha value is -3.78. The Morgan fingerprint density at radius 1 is 1.16 bits per heavy atom. The summed E-state index contributed by atoms with van der Waals surface area (Å²) in [5.41, 5.74) is 0.0528. The smallest absolute Gasteiger partial charge is 0.410 e. The molecule has 43 heavy (non-hydrogen) atoms. The van der Waals surface area contributed by atoms with Gasteiger partial charge >= 0.3 is 12.2 Å². The number of halogens is 6. The topological polar surface area (TPSA) is 105 Å². The number of benzene rings is 1. The van der Waals surface area contributed by atoms with Gasteiger partial charge in [-0.25, -0.2) is 22.9 Å². The third-order valence-corrected chi connectivity index (χ3v) is 8.64. The van der Waals surface area contributed by atoms with Crippen molar-refractivity contribution in [2.45, 2.75) is 82.2 Å². The number of aromatic nitrogens is 3. The maximum absolute atomic E-state index is 16.1. The molecule has 6 rings (SSSR count). The van der Waals surface area contributed by atoms with Crippen molar-refractivity contribution in [1.29, 1.82) is 0 Å². The van der Waals surface area contributed by atoms with Gasteiger partial charge in [0.1, 0.15) is 23.3 Å². The van der Waals surface area contributed by atoms with Gasteiger partial charge in [-0.05, 0) is 56.6 Å². The van der Waals surface area contributed by atoms with Crippen LogP contribution >= 0.6 is 0 Å². The first kappa shape index (κ1) is 29.3. The number of carbonyl (C=O) groups excluding carboxylic acids is 2. The van der Waals surface area contributed by atoms with Crippen LogP contribution in [0.1, 0.15) is 79.5 Å². The molecule has 2 unspecified atom stereocenters. The van der Waals surface area contributed by atoms with Gasteiger partial charge in [-0.2, -0.15) is 18.3 Å². The van der Waals surface area contributed by atoms with Gasteiger partial charge < -0.3 is 20.0 Å². The van der Waals surface area contributed by atoms with Crippen molar-refractivity contribution in [2.75, 3.05) is 6.54 Å². The van der Waals surface area contributed by atoms with Gasteiger partial charge in [0.2, 0.25) is 11.8 Å². The van der Waals surface area contributed by atoms with Gasteiger partial charge in [0.05, 0.1) is 12.6 Å². The quantitative estimate of drug-likeness (QED) is 0.309. The molecule has 15 heteroatoms. The first-order valence-corrected chi connectivity index (χ1v) is 14.3. The van der Waals surface area contributed by atoms with Gasteiger partial charge in [0, 0.05) is 31.1 Å². The molecule has 0 radical (unpaired) electrons. The van der Waals surface area contributed by atoms with Crippen LogP contribution < -0.4 is 10.6 Å². The molecular formula is C28H30F6N6O3. The molecular weight excluding hydrogens is 582 g/mol. The summed E-state index contributed by atoms with van der Waals surface area (Å²) in [5.74, 6) is -5.00. The number of nitrogens with zero attached hydrogens (tertiary/aromatic N) is 4. The van der Waals surface area contributed by atoms with Gasteiger partial charge in [0.25, 0.3) is 5.91 Å². The molecule has 2 aromatic heterocycles. The number of amides is 3. The number of oxazole rings is 1. The lowest BCUT2D eigenvalue weighted by molar-refractivity contribution is -0.150. The normalized spacial score (nSPS) is 22.5. The summed E-state index contributed by atoms with van der Waals surface area (Å²) in [6.07, 6.45) is -2.64. The van der Waals surface area contributed by atoms with Crippen LogP contribution in [0.3, 0.4) is 0 Å². The van der Waals surface area contributed by atoms with E-state index in [1.165, 1.54) is 29.1 Å². The Balaban J connectivity index is 1.34. The lowest BCUT2D eigenvalue weighted by atomic mass is 9.82. The van der Waals surface area contributed by atoms with E-state index in [1.807, 2.05) is 5.32 Å². The molecule has 232 valence electrons. The van der Waals surface area contributed by atoms with Crippen molar-refractivity contribution in [3.05, 3.63) is 47.4 Å². The minimum absolute atomic E-state index is 0.0116. The van der Waals surface area contributed by atoms with Crippen LogP contribution in [0.15, 0.2) is 28.8 Å². The second-order valence-corrected chi connectivity index (χ2v) is 11.5. The summed E-state index contributed by atoms with van der Waals surface area (Å²) in [4.78, 5) is 31.2. The predicted molar refractivity (Wildman–Crippen MR) is 140 cm³/mol. The van der Waals surface area contributed by atoms with Gasteiger partial charge in [0.15, 0.2) is 11.4 Å². The largest absolute Gasteiger partial charge is 0.438 e. The summed E-state index contributed by atoms with van der Waals surface area (Å²) in [7, 11) is 0. The number of aryl methyl sites for hydroxylation is 1. The van der Waals surface area contributed by atoms with Crippen LogP contribution in [-0.2, 0) is 6.54 Å². The number of carbonyl (C=O) groups is 2. The highest BCUT2D eigenvalue weighted by atomic mass is 19.4. The van der Waals surface area contributed by atoms with E-state index < -0.39 is 73.3 Å². The van der Waals surface area contributed by atoms with E-state index in [0.29, 0.717) is 19.4 Å². The van der Waals surface area contributed by atoms with E-state index in [4.69, 9.17) is 4.42 Å². The highest BCUT2D eigenvalue weighted by Crippen LogP contribution is 2.48. The molecule has 0 spiro atoms. The third kappa shape index (κ3) is 5.65. The summed E-state index contributed by atoms with van der Waals surface area (Å²) in [6, 6.07) is -0.588. The van der Waals surface area contributed by atoms with Crippen LogP contribution in [0.2, 0.25) is 0 Å². The van der Waals surface area contributed by atoms with Crippen LogP contribution in [0.4, 0.5) is 31.1 Å². The fraction of sp³-hybridized carbons (Fsp3) is 0.571. The molecule has 3 aliphatic rings. The molecule has 2 N–H and O–H groups in total. The van der Waals surface area contributed by atoms with E-state index in [-0.39, 0.29) is 47.0 Å². The molecule has 3 atom stereocenters. The minimum Gasteiger partial charge on any atom is -0.438 e. The number of rotatable bonds is 8. The molecule has 1 saturated heterocycles. The average molecular weight is 613 g/mol. The Morgan fingerprint density at radius 3 is 2.51 bits per heavy atom. The van der Waals surface area contributed by atoms with Gasteiger partial charge in [-0.3, -0.25) is 9.48 Å². The molecule has 1 aliphatic heterocycles. The van der Waals surface area contributed by atoms with Crippen LogP contribution in [0.5, 0.6) is 0 Å². The van der Waals surface area contributed by atoms with Crippen molar-refractivity contribution in [3.8, 4) is 0 Å². The standard InChI is InChI=1S/C28H30F6N6O3/c1-2-40-17(9-12-35-40)24(41)37-21(14-7-10-27(30,31)11-8-14)25-38-22-18(43-25)6-5-16(20(22)29)23(15-3-4-15)39-13-19(28(32,33)34)36-26(39)42/h5-6,9,12,14-15,19,21,23H,2-4,7-8,10-11,13H2,1H3,(H,36,42)(H,37,41)/t19?,21-,23?/m0/s1. The molecule has 3 amide bonds. The van der Waals surface area contributed by atoms with Crippen molar-refractivity contribution in [1.82, 2.24) is 30.3 Å². The van der Waals surface area contributed by atoms with E-state index in [2.05, 4.69) is 15.4 Å². The highest BCUT2D eigenvalue weighted by Gasteiger charge is 2.51. The zero-order chi connectivity index (χ0) is 30.7. The highest BCUT2D eigenvalue weighted by molar-refractivity contribution is 5.92. The molecule has 3 heterocycles. The van der Waals surface area contributed by atoms with E-state index in [0.717, 1.165) is 4.90 Å². The number of alkyl halides is 5. The average Bonchev–Trinajstić information content (AvgIpc) is 3.31. The monoisotopic (exact) mass is 612 g/mol. The summed E-state index contributed by atoms with van der Waals surface area (Å²) in [5, 5.41) is 8.86. The molecule has 2 aliphatic carbocycles. The SMILES string of the molecule is CCn1nccc1C(=O)N[C@H](c1nc2c(F)c(C(C3CC3)N3CC(C(F)(F)F)NC3=O)ccc2o1)C1CCC(F)(F)CC1. The number of fused-ring (bicyclic) bond motifs is 1. The summed E-state index contributed by atoms with van der Waals surface area (Å²) >= 11 is 0. The van der Waals surface area contributed by atoms with Crippen molar-refractivity contribution >= 4 is 23.0 Å².